The summed E-state index contributed by atoms with van der Waals surface area (Å²) in [6, 6.07) is 5.60. The van der Waals surface area contributed by atoms with Crippen LogP contribution in [-0.2, 0) is 17.9 Å². The molecule has 3 rings (SSSR count). The summed E-state index contributed by atoms with van der Waals surface area (Å²) in [5.74, 6) is -1.33. The maximum absolute atomic E-state index is 13.0. The van der Waals surface area contributed by atoms with Crippen molar-refractivity contribution in [1.82, 2.24) is 9.13 Å². The molecular weight excluding hydrogens is 292 g/mol. The zero-order chi connectivity index (χ0) is 16.6. The number of aromatic nitrogens is 2. The van der Waals surface area contributed by atoms with Crippen LogP contribution in [0.3, 0.4) is 0 Å². The van der Waals surface area contributed by atoms with Gasteiger partial charge in [-0.15, -0.1) is 0 Å². The first kappa shape index (κ1) is 15.6. The number of aliphatic carboxylic acids is 1. The smallest absolute Gasteiger partial charge is 0.312 e. The summed E-state index contributed by atoms with van der Waals surface area (Å²) >= 11 is 0. The van der Waals surface area contributed by atoms with E-state index < -0.39 is 11.9 Å². The van der Waals surface area contributed by atoms with Crippen molar-refractivity contribution in [3.05, 3.63) is 47.0 Å². The SMILES string of the molecule is CCCn1cccc1C(=O)c1c(C)cc2n1CCCC2C(=O)O. The largest absolute Gasteiger partial charge is 0.481 e. The van der Waals surface area contributed by atoms with E-state index in [1.54, 1.807) is 0 Å². The van der Waals surface area contributed by atoms with E-state index in [1.165, 1.54) is 0 Å². The number of nitrogens with zero attached hydrogens (tertiary/aromatic N) is 2. The van der Waals surface area contributed by atoms with Gasteiger partial charge in [-0.2, -0.15) is 0 Å². The highest BCUT2D eigenvalue weighted by Crippen LogP contribution is 2.32. The van der Waals surface area contributed by atoms with E-state index in [-0.39, 0.29) is 5.78 Å². The lowest BCUT2D eigenvalue weighted by Crippen LogP contribution is -2.24. The average Bonchev–Trinajstić information content (AvgIpc) is 3.09. The molecule has 0 bridgehead atoms. The number of carboxylic acids is 1. The molecule has 1 N–H and O–H groups in total. The summed E-state index contributed by atoms with van der Waals surface area (Å²) in [4.78, 5) is 24.5. The van der Waals surface area contributed by atoms with Crippen LogP contribution in [0.25, 0.3) is 0 Å². The van der Waals surface area contributed by atoms with Crippen molar-refractivity contribution >= 4 is 11.8 Å². The Bertz CT molecular complexity index is 754. The van der Waals surface area contributed by atoms with Crippen LogP contribution in [-0.4, -0.2) is 26.0 Å². The Morgan fingerprint density at radius 3 is 2.87 bits per heavy atom. The lowest BCUT2D eigenvalue weighted by atomic mass is 9.96. The minimum atomic E-state index is -0.809. The van der Waals surface area contributed by atoms with Crippen molar-refractivity contribution in [2.75, 3.05) is 0 Å². The minimum Gasteiger partial charge on any atom is -0.481 e. The van der Waals surface area contributed by atoms with Crippen molar-refractivity contribution in [2.24, 2.45) is 0 Å². The number of ketones is 1. The van der Waals surface area contributed by atoms with Crippen LogP contribution in [0.2, 0.25) is 0 Å². The normalized spacial score (nSPS) is 17.0. The number of hydrogen-bond acceptors (Lipinski definition) is 2. The molecule has 2 aromatic rings. The quantitative estimate of drug-likeness (QED) is 0.862. The van der Waals surface area contributed by atoms with Crippen molar-refractivity contribution in [2.45, 2.75) is 52.1 Å². The Hall–Kier alpha value is -2.30. The third-order valence-electron chi connectivity index (χ3n) is 4.59. The number of rotatable bonds is 5. The van der Waals surface area contributed by atoms with Crippen LogP contribution < -0.4 is 0 Å². The van der Waals surface area contributed by atoms with E-state index in [2.05, 4.69) is 6.92 Å². The standard InChI is InChI=1S/C18H22N2O3/c1-3-8-19-9-5-7-14(19)17(21)16-12(2)11-15-13(18(22)23)6-4-10-20(15)16/h5,7,9,11,13H,3-4,6,8,10H2,1-2H3,(H,22,23). The van der Waals surface area contributed by atoms with Gasteiger partial charge in [-0.05, 0) is 49.9 Å². The Morgan fingerprint density at radius 2 is 2.17 bits per heavy atom. The maximum atomic E-state index is 13.0. The van der Waals surface area contributed by atoms with Gasteiger partial charge in [-0.3, -0.25) is 9.59 Å². The molecule has 2 aromatic heterocycles. The highest BCUT2D eigenvalue weighted by atomic mass is 16.4. The third kappa shape index (κ3) is 2.60. The molecule has 0 aromatic carbocycles. The molecule has 5 heteroatoms. The van der Waals surface area contributed by atoms with Crippen LogP contribution in [0.15, 0.2) is 24.4 Å². The Balaban J connectivity index is 2.05. The fraction of sp³-hybridized carbons (Fsp3) is 0.444. The molecule has 0 spiro atoms. The molecule has 5 nitrogen and oxygen atoms in total. The van der Waals surface area contributed by atoms with Gasteiger partial charge in [0.15, 0.2) is 0 Å². The number of carbonyl (C=O) groups is 2. The van der Waals surface area contributed by atoms with Gasteiger partial charge in [0.05, 0.1) is 17.3 Å². The molecule has 0 aliphatic carbocycles. The first-order valence-corrected chi connectivity index (χ1v) is 8.17. The second-order valence-corrected chi connectivity index (χ2v) is 6.20. The summed E-state index contributed by atoms with van der Waals surface area (Å²) in [7, 11) is 0. The molecular formula is C18H22N2O3. The van der Waals surface area contributed by atoms with E-state index in [9.17, 15) is 14.7 Å². The molecule has 0 radical (unpaired) electrons. The van der Waals surface area contributed by atoms with E-state index in [0.29, 0.717) is 24.4 Å². The molecule has 0 fully saturated rings. The van der Waals surface area contributed by atoms with Crippen molar-refractivity contribution < 1.29 is 14.7 Å². The van der Waals surface area contributed by atoms with Crippen molar-refractivity contribution in [1.29, 1.82) is 0 Å². The molecule has 1 atom stereocenters. The summed E-state index contributed by atoms with van der Waals surface area (Å²) < 4.78 is 3.89. The zero-order valence-corrected chi connectivity index (χ0v) is 13.6. The fourth-order valence-electron chi connectivity index (χ4n) is 3.57. The molecule has 0 saturated carbocycles. The maximum Gasteiger partial charge on any atom is 0.312 e. The van der Waals surface area contributed by atoms with Crippen LogP contribution in [0, 0.1) is 6.92 Å². The molecule has 0 saturated heterocycles. The highest BCUT2D eigenvalue weighted by molar-refractivity contribution is 6.08. The molecule has 1 aliphatic rings. The lowest BCUT2D eigenvalue weighted by Gasteiger charge is -2.23. The second kappa shape index (κ2) is 6.07. The van der Waals surface area contributed by atoms with E-state index in [0.717, 1.165) is 30.6 Å². The van der Waals surface area contributed by atoms with Gasteiger partial charge in [-0.1, -0.05) is 6.92 Å². The monoisotopic (exact) mass is 314 g/mol. The number of hydrogen-bond donors (Lipinski definition) is 1. The topological polar surface area (TPSA) is 64.2 Å². The third-order valence-corrected chi connectivity index (χ3v) is 4.59. The van der Waals surface area contributed by atoms with Gasteiger partial charge in [0.2, 0.25) is 5.78 Å². The second-order valence-electron chi connectivity index (χ2n) is 6.20. The van der Waals surface area contributed by atoms with Crippen molar-refractivity contribution in [3.8, 4) is 0 Å². The van der Waals surface area contributed by atoms with Crippen LogP contribution in [0.1, 0.15) is 59.5 Å². The summed E-state index contributed by atoms with van der Waals surface area (Å²) in [5, 5.41) is 9.42. The van der Waals surface area contributed by atoms with Gasteiger partial charge < -0.3 is 14.2 Å². The van der Waals surface area contributed by atoms with E-state index >= 15 is 0 Å². The predicted molar refractivity (Wildman–Crippen MR) is 86.9 cm³/mol. The zero-order valence-electron chi connectivity index (χ0n) is 13.6. The van der Waals surface area contributed by atoms with Crippen LogP contribution in [0.5, 0.6) is 0 Å². The Morgan fingerprint density at radius 1 is 1.39 bits per heavy atom. The van der Waals surface area contributed by atoms with Gasteiger partial charge in [0.25, 0.3) is 0 Å². The minimum absolute atomic E-state index is 0.0155. The number of fused-ring (bicyclic) bond motifs is 1. The fourth-order valence-corrected chi connectivity index (χ4v) is 3.57. The summed E-state index contributed by atoms with van der Waals surface area (Å²) in [6.45, 7) is 5.49. The molecule has 1 unspecified atom stereocenters. The number of aryl methyl sites for hydroxylation is 2. The first-order chi connectivity index (χ1) is 11.0. The number of carbonyl (C=O) groups excluding carboxylic acids is 1. The Kier molecular flexibility index (Phi) is 4.11. The predicted octanol–water partition coefficient (Wildman–Crippen LogP) is 3.20. The number of carboxylic acid groups (broad SMARTS) is 1. The van der Waals surface area contributed by atoms with Crippen LogP contribution >= 0.6 is 0 Å². The average molecular weight is 314 g/mol. The van der Waals surface area contributed by atoms with Gasteiger partial charge in [-0.25, -0.2) is 0 Å². The van der Waals surface area contributed by atoms with Crippen LogP contribution in [0.4, 0.5) is 0 Å². The van der Waals surface area contributed by atoms with E-state index in [4.69, 9.17) is 0 Å². The molecule has 0 amide bonds. The lowest BCUT2D eigenvalue weighted by molar-refractivity contribution is -0.139. The first-order valence-electron chi connectivity index (χ1n) is 8.17. The highest BCUT2D eigenvalue weighted by Gasteiger charge is 2.31. The molecule has 23 heavy (non-hydrogen) atoms. The molecule has 3 heterocycles. The van der Waals surface area contributed by atoms with Gasteiger partial charge in [0.1, 0.15) is 0 Å². The van der Waals surface area contributed by atoms with Gasteiger partial charge in [0, 0.05) is 25.0 Å². The Labute approximate surface area is 135 Å². The van der Waals surface area contributed by atoms with Gasteiger partial charge >= 0.3 is 5.97 Å². The summed E-state index contributed by atoms with van der Waals surface area (Å²) in [6.07, 6.45) is 4.31. The van der Waals surface area contributed by atoms with E-state index in [1.807, 2.05) is 40.5 Å². The summed E-state index contributed by atoms with van der Waals surface area (Å²) in [5.41, 5.74) is 2.94. The van der Waals surface area contributed by atoms with Crippen molar-refractivity contribution in [3.63, 3.8) is 0 Å². The molecule has 122 valence electrons. The molecule has 1 aliphatic heterocycles.